The predicted molar refractivity (Wildman–Crippen MR) is 189 cm³/mol. The molecule has 6 aromatic rings. The van der Waals surface area contributed by atoms with Crippen molar-refractivity contribution in [3.05, 3.63) is 167 Å². The number of hydrogen-bond donors (Lipinski definition) is 2. The molecule has 4 nitrogen and oxygen atoms in total. The van der Waals surface area contributed by atoms with Gasteiger partial charge in [0.2, 0.25) is 0 Å². The number of benzene rings is 6. The summed E-state index contributed by atoms with van der Waals surface area (Å²) in [4.78, 5) is 0. The first kappa shape index (κ1) is 30.5. The molecular formula is C43H38O4. The zero-order valence-electron chi connectivity index (χ0n) is 26.7. The van der Waals surface area contributed by atoms with Gasteiger partial charge in [-0.2, -0.15) is 0 Å². The van der Waals surface area contributed by atoms with Crippen LogP contribution in [0.25, 0.3) is 33.4 Å². The van der Waals surface area contributed by atoms with E-state index in [0.29, 0.717) is 0 Å². The molecule has 4 heteroatoms. The fraction of sp³-hybridized carbons (Fsp3) is 0.163. The number of hydrogen-bond acceptors (Lipinski definition) is 4. The minimum Gasteiger partial charge on any atom is -0.491 e. The third-order valence-electron chi connectivity index (χ3n) is 9.13. The highest BCUT2D eigenvalue weighted by molar-refractivity contribution is 5.88. The molecule has 2 N–H and O–H groups in total. The van der Waals surface area contributed by atoms with E-state index in [1.165, 1.54) is 22.3 Å². The smallest absolute Gasteiger partial charge is 0.127 e. The molecule has 47 heavy (non-hydrogen) atoms. The van der Waals surface area contributed by atoms with Crippen molar-refractivity contribution in [2.24, 2.45) is 0 Å². The minimum absolute atomic E-state index is 0.0634. The van der Waals surface area contributed by atoms with E-state index < -0.39 is 5.41 Å². The summed E-state index contributed by atoms with van der Waals surface area (Å²) in [5.41, 5.74) is 12.8. The Hall–Kier alpha value is -5.16. The molecule has 0 aliphatic heterocycles. The van der Waals surface area contributed by atoms with E-state index in [4.69, 9.17) is 9.47 Å². The molecule has 1 aliphatic rings. The Morgan fingerprint density at radius 2 is 0.915 bits per heavy atom. The molecule has 0 saturated carbocycles. The monoisotopic (exact) mass is 618 g/mol. The van der Waals surface area contributed by atoms with Gasteiger partial charge in [-0.05, 0) is 82.6 Å². The first-order valence-electron chi connectivity index (χ1n) is 16.1. The quantitative estimate of drug-likeness (QED) is 0.161. The second-order valence-corrected chi connectivity index (χ2v) is 12.1. The zero-order valence-corrected chi connectivity index (χ0v) is 26.7. The second-order valence-electron chi connectivity index (χ2n) is 12.1. The van der Waals surface area contributed by atoms with Gasteiger partial charge in [-0.3, -0.25) is 0 Å². The lowest BCUT2D eigenvalue weighted by Crippen LogP contribution is -2.29. The standard InChI is InChI=1S/C43H38O4/c1-29-9-7-11-31(25-29)37-27-33(17-19-41(37)46-23-21-44)43(39-15-5-3-13-35(39)36-14-4-6-16-40(36)43)34-18-20-42(47-24-22-45)38(28-34)32-12-8-10-30(2)26-32/h3-20,25-28,44-45H,21-24H2,1-2H3. The van der Waals surface area contributed by atoms with Crippen LogP contribution in [0, 0.1) is 13.8 Å². The predicted octanol–water partition coefficient (Wildman–Crippen LogP) is 8.74. The van der Waals surface area contributed by atoms with Crippen LogP contribution in [-0.4, -0.2) is 36.6 Å². The summed E-state index contributed by atoms with van der Waals surface area (Å²) in [5.74, 6) is 1.47. The van der Waals surface area contributed by atoms with Crippen LogP contribution >= 0.6 is 0 Å². The SMILES string of the molecule is Cc1cccc(-c2cc(C3(c4ccc(OCCO)c(-c5cccc(C)c5)c4)c4ccccc4-c4ccccc43)ccc2OCCO)c1. The summed E-state index contributed by atoms with van der Waals surface area (Å²) < 4.78 is 12.3. The van der Waals surface area contributed by atoms with Gasteiger partial charge in [0.15, 0.2) is 0 Å². The van der Waals surface area contributed by atoms with Crippen molar-refractivity contribution >= 4 is 0 Å². The summed E-state index contributed by atoms with van der Waals surface area (Å²) >= 11 is 0. The Morgan fingerprint density at radius 3 is 1.34 bits per heavy atom. The highest BCUT2D eigenvalue weighted by Crippen LogP contribution is 2.57. The molecule has 0 atom stereocenters. The third-order valence-corrected chi connectivity index (χ3v) is 9.13. The summed E-state index contributed by atoms with van der Waals surface area (Å²) in [6.45, 7) is 4.49. The van der Waals surface area contributed by atoms with Gasteiger partial charge in [0.25, 0.3) is 0 Å². The van der Waals surface area contributed by atoms with Gasteiger partial charge in [-0.15, -0.1) is 0 Å². The molecule has 0 heterocycles. The maximum Gasteiger partial charge on any atom is 0.127 e. The van der Waals surface area contributed by atoms with E-state index in [1.54, 1.807) is 0 Å². The number of aliphatic hydroxyl groups is 2. The molecule has 0 bridgehead atoms. The zero-order chi connectivity index (χ0) is 32.4. The summed E-state index contributed by atoms with van der Waals surface area (Å²) in [5, 5.41) is 19.3. The van der Waals surface area contributed by atoms with E-state index in [1.807, 2.05) is 12.1 Å². The van der Waals surface area contributed by atoms with Crippen molar-refractivity contribution in [1.82, 2.24) is 0 Å². The number of fused-ring (bicyclic) bond motifs is 3. The Morgan fingerprint density at radius 1 is 0.468 bits per heavy atom. The second kappa shape index (κ2) is 12.9. The Balaban J connectivity index is 1.56. The van der Waals surface area contributed by atoms with Crippen LogP contribution in [0.5, 0.6) is 11.5 Å². The van der Waals surface area contributed by atoms with Gasteiger partial charge >= 0.3 is 0 Å². The molecule has 0 spiro atoms. The highest BCUT2D eigenvalue weighted by atomic mass is 16.5. The van der Waals surface area contributed by atoms with Crippen LogP contribution in [0.15, 0.2) is 133 Å². The van der Waals surface area contributed by atoms with Gasteiger partial charge < -0.3 is 19.7 Å². The van der Waals surface area contributed by atoms with Crippen molar-refractivity contribution in [2.45, 2.75) is 19.3 Å². The van der Waals surface area contributed by atoms with Gasteiger partial charge in [0.1, 0.15) is 24.7 Å². The normalized spacial score (nSPS) is 12.8. The fourth-order valence-corrected chi connectivity index (χ4v) is 7.19. The Bertz CT molecular complexity index is 1910. The van der Waals surface area contributed by atoms with Crippen LogP contribution < -0.4 is 9.47 Å². The van der Waals surface area contributed by atoms with Crippen molar-refractivity contribution in [2.75, 3.05) is 26.4 Å². The minimum atomic E-state index is -0.657. The highest BCUT2D eigenvalue weighted by Gasteiger charge is 2.46. The molecule has 0 radical (unpaired) electrons. The third kappa shape index (κ3) is 5.40. The maximum atomic E-state index is 9.63. The van der Waals surface area contributed by atoms with E-state index >= 15 is 0 Å². The lowest BCUT2D eigenvalue weighted by atomic mass is 9.67. The summed E-state index contributed by atoms with van der Waals surface area (Å²) in [7, 11) is 0. The first-order valence-corrected chi connectivity index (χ1v) is 16.1. The maximum absolute atomic E-state index is 9.63. The molecule has 0 aromatic heterocycles. The molecule has 0 unspecified atom stereocenters. The van der Waals surface area contributed by atoms with E-state index in [9.17, 15) is 10.2 Å². The number of aliphatic hydroxyl groups excluding tert-OH is 2. The van der Waals surface area contributed by atoms with Crippen molar-refractivity contribution in [3.8, 4) is 44.9 Å². The Labute approximate surface area is 276 Å². The average Bonchev–Trinajstić information content (AvgIpc) is 3.41. The van der Waals surface area contributed by atoms with Gasteiger partial charge in [0.05, 0.1) is 18.6 Å². The molecule has 0 saturated heterocycles. The van der Waals surface area contributed by atoms with Crippen LogP contribution in [0.2, 0.25) is 0 Å². The molecule has 234 valence electrons. The topological polar surface area (TPSA) is 58.9 Å². The molecule has 0 fully saturated rings. The lowest BCUT2D eigenvalue weighted by Gasteiger charge is -2.35. The van der Waals surface area contributed by atoms with E-state index in [0.717, 1.165) is 56.0 Å². The number of aryl methyl sites for hydroxylation is 2. The molecular weight excluding hydrogens is 580 g/mol. The molecule has 6 aromatic carbocycles. The van der Waals surface area contributed by atoms with Crippen LogP contribution in [0.3, 0.4) is 0 Å². The summed E-state index contributed by atoms with van der Waals surface area (Å²) in [6, 6.07) is 47.3. The first-order chi connectivity index (χ1) is 23.0. The molecule has 7 rings (SSSR count). The van der Waals surface area contributed by atoms with Gasteiger partial charge in [-0.25, -0.2) is 0 Å². The van der Waals surface area contributed by atoms with Gasteiger partial charge in [0, 0.05) is 11.1 Å². The fourth-order valence-electron chi connectivity index (χ4n) is 7.19. The number of rotatable bonds is 10. The lowest BCUT2D eigenvalue weighted by molar-refractivity contribution is 0.202. The number of ether oxygens (including phenoxy) is 2. The van der Waals surface area contributed by atoms with Gasteiger partial charge in [-0.1, -0.05) is 120 Å². The van der Waals surface area contributed by atoms with Crippen LogP contribution in [0.1, 0.15) is 33.4 Å². The summed E-state index contributed by atoms with van der Waals surface area (Å²) in [6.07, 6.45) is 0. The van der Waals surface area contributed by atoms with Crippen LogP contribution in [-0.2, 0) is 5.41 Å². The molecule has 1 aliphatic carbocycles. The molecule has 0 amide bonds. The van der Waals surface area contributed by atoms with Crippen molar-refractivity contribution < 1.29 is 19.7 Å². The van der Waals surface area contributed by atoms with Crippen molar-refractivity contribution in [3.63, 3.8) is 0 Å². The van der Waals surface area contributed by atoms with E-state index in [2.05, 4.69) is 135 Å². The average molecular weight is 619 g/mol. The van der Waals surface area contributed by atoms with E-state index in [-0.39, 0.29) is 26.4 Å². The van der Waals surface area contributed by atoms with Crippen molar-refractivity contribution in [1.29, 1.82) is 0 Å². The largest absolute Gasteiger partial charge is 0.491 e. The Kier molecular flexibility index (Phi) is 8.38. The van der Waals surface area contributed by atoms with Crippen LogP contribution in [0.4, 0.5) is 0 Å².